The fourth-order valence-corrected chi connectivity index (χ4v) is 5.54. The Labute approximate surface area is 277 Å². The Kier molecular flexibility index (Phi) is 13.7. The molecule has 1 aliphatic rings. The van der Waals surface area contributed by atoms with E-state index >= 15 is 0 Å². The maximum atomic E-state index is 14.1. The summed E-state index contributed by atoms with van der Waals surface area (Å²) in [4.78, 5) is 43.1. The largest absolute Gasteiger partial charge is 0.492 e. The lowest BCUT2D eigenvalue weighted by Gasteiger charge is -2.33. The van der Waals surface area contributed by atoms with E-state index in [1.54, 1.807) is 19.2 Å². The summed E-state index contributed by atoms with van der Waals surface area (Å²) < 4.78 is 25.8. The van der Waals surface area contributed by atoms with Gasteiger partial charge in [0.1, 0.15) is 30.3 Å². The number of nitrogens with one attached hydrogen (secondary N) is 3. The van der Waals surface area contributed by atoms with Gasteiger partial charge >= 0.3 is 0 Å². The predicted octanol–water partition coefficient (Wildman–Crippen LogP) is 4.04. The minimum absolute atomic E-state index is 0.0335. The van der Waals surface area contributed by atoms with E-state index in [4.69, 9.17) is 9.47 Å². The minimum Gasteiger partial charge on any atom is -0.492 e. The van der Waals surface area contributed by atoms with Crippen LogP contribution in [0.5, 0.6) is 5.75 Å². The summed E-state index contributed by atoms with van der Waals surface area (Å²) in [5.74, 6) is -0.806. The first-order valence-corrected chi connectivity index (χ1v) is 16.4. The molecule has 4 atom stereocenters. The number of hydrogen-bond donors (Lipinski definition) is 3. The Hall–Kier alpha value is -4.28. The van der Waals surface area contributed by atoms with Crippen molar-refractivity contribution in [2.75, 3.05) is 33.4 Å². The molecule has 3 N–H and O–H groups in total. The molecule has 252 valence electrons. The molecule has 47 heavy (non-hydrogen) atoms. The number of hydrogen-bond acceptors (Lipinski definition) is 6. The number of nitrogens with zero attached hydrogens (tertiary/aromatic N) is 1. The summed E-state index contributed by atoms with van der Waals surface area (Å²) in [6.45, 7) is 5.34. The van der Waals surface area contributed by atoms with Crippen LogP contribution in [0, 0.1) is 11.7 Å². The number of likely N-dealkylation sites (N-methyl/N-ethyl adjacent to an activating group) is 1. The topological polar surface area (TPSA) is 109 Å². The minimum atomic E-state index is -1.02. The van der Waals surface area contributed by atoms with Crippen molar-refractivity contribution >= 4 is 17.7 Å². The van der Waals surface area contributed by atoms with Crippen LogP contribution in [-0.2, 0) is 38.6 Å². The molecule has 0 bridgehead atoms. The van der Waals surface area contributed by atoms with Gasteiger partial charge in [-0.15, -0.1) is 0 Å². The maximum absolute atomic E-state index is 14.1. The lowest BCUT2D eigenvalue weighted by molar-refractivity contribution is -0.144. The van der Waals surface area contributed by atoms with E-state index in [1.807, 2.05) is 68.4 Å². The predicted molar refractivity (Wildman–Crippen MR) is 179 cm³/mol. The molecule has 0 saturated carbocycles. The van der Waals surface area contributed by atoms with Crippen LogP contribution < -0.4 is 20.7 Å². The van der Waals surface area contributed by atoms with E-state index in [1.165, 1.54) is 17.0 Å². The molecule has 0 aliphatic carbocycles. The normalized spacial score (nSPS) is 21.0. The summed E-state index contributed by atoms with van der Waals surface area (Å²) in [6, 6.07) is 20.6. The van der Waals surface area contributed by atoms with E-state index in [0.717, 1.165) is 23.3 Å². The van der Waals surface area contributed by atoms with E-state index in [2.05, 4.69) is 16.0 Å². The first-order valence-electron chi connectivity index (χ1n) is 16.4. The third kappa shape index (κ3) is 10.6. The van der Waals surface area contributed by atoms with Crippen LogP contribution in [0.4, 0.5) is 4.39 Å². The third-order valence-electron chi connectivity index (χ3n) is 8.59. The molecule has 4 rings (SSSR count). The highest BCUT2D eigenvalue weighted by Gasteiger charge is 2.35. The van der Waals surface area contributed by atoms with Crippen molar-refractivity contribution in [3.8, 4) is 5.75 Å². The van der Waals surface area contributed by atoms with Gasteiger partial charge < -0.3 is 30.3 Å². The Bertz CT molecular complexity index is 1440. The molecule has 0 radical (unpaired) electrons. The average Bonchev–Trinajstić information content (AvgIpc) is 3.08. The zero-order valence-corrected chi connectivity index (χ0v) is 27.5. The number of amides is 3. The fourth-order valence-electron chi connectivity index (χ4n) is 5.54. The van der Waals surface area contributed by atoms with Gasteiger partial charge in [0, 0.05) is 26.6 Å². The number of benzene rings is 3. The monoisotopic (exact) mass is 646 g/mol. The van der Waals surface area contributed by atoms with E-state index in [9.17, 15) is 18.8 Å². The highest BCUT2D eigenvalue weighted by Crippen LogP contribution is 2.20. The molecule has 0 fully saturated rings. The Morgan fingerprint density at radius 2 is 1.66 bits per heavy atom. The smallest absolute Gasteiger partial charge is 0.245 e. The first-order chi connectivity index (χ1) is 22.8. The molecule has 9 nitrogen and oxygen atoms in total. The van der Waals surface area contributed by atoms with Gasteiger partial charge in [-0.25, -0.2) is 4.39 Å². The molecule has 0 saturated heterocycles. The van der Waals surface area contributed by atoms with Crippen LogP contribution in [0.1, 0.15) is 43.4 Å². The van der Waals surface area contributed by atoms with Crippen LogP contribution in [-0.4, -0.2) is 74.1 Å². The quantitative estimate of drug-likeness (QED) is 0.341. The van der Waals surface area contributed by atoms with Gasteiger partial charge in [-0.3, -0.25) is 14.4 Å². The van der Waals surface area contributed by atoms with Crippen LogP contribution >= 0.6 is 0 Å². The van der Waals surface area contributed by atoms with Crippen molar-refractivity contribution in [3.63, 3.8) is 0 Å². The van der Waals surface area contributed by atoms with Crippen molar-refractivity contribution in [1.82, 2.24) is 20.9 Å². The van der Waals surface area contributed by atoms with Crippen LogP contribution in [0.3, 0.4) is 0 Å². The maximum Gasteiger partial charge on any atom is 0.245 e. The number of fused-ring (bicyclic) bond motifs is 1. The van der Waals surface area contributed by atoms with Crippen molar-refractivity contribution in [2.45, 2.75) is 64.3 Å². The molecule has 10 heteroatoms. The highest BCUT2D eigenvalue weighted by molar-refractivity contribution is 5.93. The van der Waals surface area contributed by atoms with Crippen LogP contribution in [0.15, 0.2) is 78.9 Å². The van der Waals surface area contributed by atoms with Crippen molar-refractivity contribution in [1.29, 1.82) is 0 Å². The number of carbonyl (C=O) groups excluding carboxylic acids is 3. The Morgan fingerprint density at radius 3 is 2.40 bits per heavy atom. The van der Waals surface area contributed by atoms with Crippen molar-refractivity contribution in [2.24, 2.45) is 5.92 Å². The third-order valence-corrected chi connectivity index (χ3v) is 8.59. The van der Waals surface area contributed by atoms with Gasteiger partial charge in [0.2, 0.25) is 17.7 Å². The summed E-state index contributed by atoms with van der Waals surface area (Å²) >= 11 is 0. The Balaban J connectivity index is 1.62. The van der Waals surface area contributed by atoms with E-state index in [0.29, 0.717) is 38.1 Å². The molecule has 3 aromatic carbocycles. The summed E-state index contributed by atoms with van der Waals surface area (Å²) in [5.41, 5.74) is 2.63. The van der Waals surface area contributed by atoms with Gasteiger partial charge in [0.25, 0.3) is 0 Å². The van der Waals surface area contributed by atoms with Gasteiger partial charge in [-0.2, -0.15) is 0 Å². The number of rotatable bonds is 8. The zero-order valence-electron chi connectivity index (χ0n) is 27.5. The lowest BCUT2D eigenvalue weighted by Crippen LogP contribution is -2.59. The van der Waals surface area contributed by atoms with Crippen molar-refractivity contribution in [3.05, 3.63) is 101 Å². The van der Waals surface area contributed by atoms with E-state index < -0.39 is 29.8 Å². The molecule has 1 aliphatic heterocycles. The number of carbonyl (C=O) groups is 3. The van der Waals surface area contributed by atoms with E-state index in [-0.39, 0.29) is 37.4 Å². The number of ether oxygens (including phenoxy) is 2. The van der Waals surface area contributed by atoms with Crippen LogP contribution in [0.2, 0.25) is 0 Å². The summed E-state index contributed by atoms with van der Waals surface area (Å²) in [6.07, 6.45) is 2.21. The second kappa shape index (κ2) is 18.2. The number of aryl methyl sites for hydroxylation is 1. The summed E-state index contributed by atoms with van der Waals surface area (Å²) in [7, 11) is 1.59. The first kappa shape index (κ1) is 35.6. The average molecular weight is 647 g/mol. The molecule has 0 aromatic heterocycles. The molecule has 1 unspecified atom stereocenters. The molecule has 3 amide bonds. The zero-order chi connectivity index (χ0) is 33.6. The standard InChI is InChI=1S/C37H47FN4O5/c1-4-26(2)34-37(45)42(3)32(25-46-24-28-11-6-5-7-12-28)36(44)41-31(23-27-16-18-30(38)19-17-27)35(43)40-20-10-14-29-13-8-9-15-33(29)47-22-21-39-34/h5-9,11-13,15-19,26,31-32,34,39H,4,10,14,20-25H2,1-3H3,(H,40,43)(H,41,44)/t26?,31-,32-,34+/m1/s1. The fraction of sp³-hybridized carbons (Fsp3) is 0.432. The Morgan fingerprint density at radius 1 is 0.936 bits per heavy atom. The second-order valence-electron chi connectivity index (χ2n) is 12.0. The number of para-hydroxylation sites is 1. The second-order valence-corrected chi connectivity index (χ2v) is 12.0. The summed E-state index contributed by atoms with van der Waals surface area (Å²) in [5, 5.41) is 9.23. The lowest BCUT2D eigenvalue weighted by atomic mass is 9.97. The van der Waals surface area contributed by atoms with Crippen LogP contribution in [0.25, 0.3) is 0 Å². The molecule has 0 spiro atoms. The molecule has 3 aromatic rings. The molecular formula is C37H47FN4O5. The van der Waals surface area contributed by atoms with Gasteiger partial charge in [0.15, 0.2) is 0 Å². The van der Waals surface area contributed by atoms with Gasteiger partial charge in [-0.05, 0) is 53.6 Å². The van der Waals surface area contributed by atoms with Gasteiger partial charge in [0.05, 0.1) is 19.3 Å². The molecule has 1 heterocycles. The molecular weight excluding hydrogens is 599 g/mol. The highest BCUT2D eigenvalue weighted by atomic mass is 19.1. The number of halogens is 1. The van der Waals surface area contributed by atoms with Crippen molar-refractivity contribution < 1.29 is 28.2 Å². The van der Waals surface area contributed by atoms with Gasteiger partial charge in [-0.1, -0.05) is 80.9 Å². The SMILES string of the molecule is CCC(C)[C@@H]1NCCOc2ccccc2CCCNC(=O)[C@@H](Cc2ccc(F)cc2)NC(=O)[C@@H](COCc2ccccc2)N(C)C1=O.